The van der Waals surface area contributed by atoms with E-state index in [1.807, 2.05) is 6.92 Å². The largest absolute Gasteiger partial charge is 0.484 e. The van der Waals surface area contributed by atoms with Gasteiger partial charge < -0.3 is 14.4 Å². The minimum atomic E-state index is -0.385. The lowest BCUT2D eigenvalue weighted by molar-refractivity contribution is -0.140. The molecule has 1 aliphatic rings. The number of benzene rings is 2. The minimum absolute atomic E-state index is 0.0319. The van der Waals surface area contributed by atoms with Crippen LogP contribution in [0.5, 0.6) is 5.75 Å². The fourth-order valence-corrected chi connectivity index (χ4v) is 2.75. The van der Waals surface area contributed by atoms with E-state index in [1.54, 1.807) is 29.2 Å². The highest BCUT2D eigenvalue weighted by Gasteiger charge is 2.21. The predicted octanol–water partition coefficient (Wildman–Crippen LogP) is 2.68. The van der Waals surface area contributed by atoms with Gasteiger partial charge >= 0.3 is 0 Å². The van der Waals surface area contributed by atoms with E-state index in [2.05, 4.69) is 0 Å². The smallest absolute Gasteiger partial charge is 0.260 e. The Morgan fingerprint density at radius 3 is 2.35 bits per heavy atom. The molecule has 2 aromatic carbocycles. The predicted molar refractivity (Wildman–Crippen MR) is 93.8 cm³/mol. The minimum Gasteiger partial charge on any atom is -0.484 e. The molecule has 0 spiro atoms. The Labute approximate surface area is 151 Å². The van der Waals surface area contributed by atoms with Crippen molar-refractivity contribution >= 4 is 11.7 Å². The first kappa shape index (κ1) is 18.1. The van der Waals surface area contributed by atoms with Crippen LogP contribution in [-0.2, 0) is 9.53 Å². The van der Waals surface area contributed by atoms with Crippen LogP contribution in [0.2, 0.25) is 0 Å². The topological polar surface area (TPSA) is 55.8 Å². The third kappa shape index (κ3) is 4.46. The van der Waals surface area contributed by atoms with E-state index in [4.69, 9.17) is 9.47 Å². The van der Waals surface area contributed by atoms with Crippen LogP contribution < -0.4 is 4.74 Å². The molecule has 0 N–H and O–H groups in total. The molecule has 0 radical (unpaired) electrons. The molecule has 2 aromatic rings. The van der Waals surface area contributed by atoms with E-state index in [-0.39, 0.29) is 30.2 Å². The highest BCUT2D eigenvalue weighted by atomic mass is 19.1. The molecule has 136 valence electrons. The number of ketones is 1. The first-order valence-electron chi connectivity index (χ1n) is 8.45. The second-order valence-electron chi connectivity index (χ2n) is 6.17. The summed E-state index contributed by atoms with van der Waals surface area (Å²) in [4.78, 5) is 26.2. The Morgan fingerprint density at radius 2 is 1.73 bits per heavy atom. The van der Waals surface area contributed by atoms with Crippen LogP contribution in [0.1, 0.15) is 22.8 Å². The Balaban J connectivity index is 1.56. The van der Waals surface area contributed by atoms with Crippen LogP contribution in [0.25, 0.3) is 0 Å². The summed E-state index contributed by atoms with van der Waals surface area (Å²) in [7, 11) is 0. The number of hydrogen-bond donors (Lipinski definition) is 0. The molecule has 0 saturated carbocycles. The Kier molecular flexibility index (Phi) is 5.63. The summed E-state index contributed by atoms with van der Waals surface area (Å²) >= 11 is 0. The molecule has 1 atom stereocenters. The third-order valence-corrected chi connectivity index (χ3v) is 4.18. The van der Waals surface area contributed by atoms with Crippen LogP contribution in [0, 0.1) is 5.82 Å². The molecular formula is C20H20FNO4. The van der Waals surface area contributed by atoms with Crippen molar-refractivity contribution in [2.75, 3.05) is 26.3 Å². The number of halogens is 1. The zero-order valence-electron chi connectivity index (χ0n) is 14.5. The molecule has 26 heavy (non-hydrogen) atoms. The van der Waals surface area contributed by atoms with Crippen molar-refractivity contribution < 1.29 is 23.5 Å². The van der Waals surface area contributed by atoms with Crippen LogP contribution in [0.15, 0.2) is 48.5 Å². The number of nitrogens with zero attached hydrogens (tertiary/aromatic N) is 1. The summed E-state index contributed by atoms with van der Waals surface area (Å²) < 4.78 is 23.9. The summed E-state index contributed by atoms with van der Waals surface area (Å²) in [6.07, 6.45) is 0.0319. The number of morpholine rings is 1. The Hall–Kier alpha value is -2.73. The normalized spacial score (nSPS) is 17.0. The highest BCUT2D eigenvalue weighted by Crippen LogP contribution is 2.16. The van der Waals surface area contributed by atoms with Gasteiger partial charge in [-0.25, -0.2) is 4.39 Å². The number of hydrogen-bond acceptors (Lipinski definition) is 4. The number of amides is 1. The molecule has 1 aliphatic heterocycles. The molecule has 6 heteroatoms. The summed E-state index contributed by atoms with van der Waals surface area (Å²) in [5, 5.41) is 0. The van der Waals surface area contributed by atoms with Gasteiger partial charge in [0.2, 0.25) is 0 Å². The fraction of sp³-hybridized carbons (Fsp3) is 0.300. The summed E-state index contributed by atoms with van der Waals surface area (Å²) in [5.74, 6) is -0.165. The van der Waals surface area contributed by atoms with E-state index in [1.165, 1.54) is 24.3 Å². The van der Waals surface area contributed by atoms with E-state index in [9.17, 15) is 14.0 Å². The summed E-state index contributed by atoms with van der Waals surface area (Å²) in [5.41, 5.74) is 0.883. The Bertz CT molecular complexity index is 773. The first-order valence-corrected chi connectivity index (χ1v) is 8.45. The van der Waals surface area contributed by atoms with Gasteiger partial charge in [-0.05, 0) is 55.5 Å². The van der Waals surface area contributed by atoms with Crippen molar-refractivity contribution in [3.05, 3.63) is 65.5 Å². The van der Waals surface area contributed by atoms with Gasteiger partial charge in [0, 0.05) is 24.2 Å². The molecule has 5 nitrogen and oxygen atoms in total. The van der Waals surface area contributed by atoms with Gasteiger partial charge in [-0.15, -0.1) is 0 Å². The van der Waals surface area contributed by atoms with Gasteiger partial charge in [0.25, 0.3) is 5.91 Å². The van der Waals surface area contributed by atoms with E-state index < -0.39 is 0 Å². The van der Waals surface area contributed by atoms with Crippen molar-refractivity contribution in [1.29, 1.82) is 0 Å². The summed E-state index contributed by atoms with van der Waals surface area (Å²) in [6, 6.07) is 11.9. The third-order valence-electron chi connectivity index (χ3n) is 4.18. The lowest BCUT2D eigenvalue weighted by atomic mass is 10.0. The zero-order chi connectivity index (χ0) is 18.5. The molecule has 0 unspecified atom stereocenters. The van der Waals surface area contributed by atoms with Gasteiger partial charge in [0.15, 0.2) is 12.4 Å². The maximum absolute atomic E-state index is 12.9. The lowest BCUT2D eigenvalue weighted by Gasteiger charge is -2.31. The number of carbonyl (C=O) groups is 2. The molecule has 1 amide bonds. The van der Waals surface area contributed by atoms with Crippen molar-refractivity contribution in [3.63, 3.8) is 0 Å². The van der Waals surface area contributed by atoms with Gasteiger partial charge in [-0.3, -0.25) is 9.59 Å². The van der Waals surface area contributed by atoms with Gasteiger partial charge in [0.05, 0.1) is 12.7 Å². The molecule has 0 aromatic heterocycles. The van der Waals surface area contributed by atoms with E-state index in [0.29, 0.717) is 36.6 Å². The summed E-state index contributed by atoms with van der Waals surface area (Å²) in [6.45, 7) is 3.53. The first-order chi connectivity index (χ1) is 12.5. The molecule has 3 rings (SSSR count). The average molecular weight is 357 g/mol. The fourth-order valence-electron chi connectivity index (χ4n) is 2.75. The molecule has 0 aliphatic carbocycles. The zero-order valence-corrected chi connectivity index (χ0v) is 14.5. The van der Waals surface area contributed by atoms with Gasteiger partial charge in [0.1, 0.15) is 11.6 Å². The van der Waals surface area contributed by atoms with Gasteiger partial charge in [-0.1, -0.05) is 0 Å². The average Bonchev–Trinajstić information content (AvgIpc) is 2.66. The van der Waals surface area contributed by atoms with Crippen LogP contribution in [-0.4, -0.2) is 49.0 Å². The van der Waals surface area contributed by atoms with Crippen molar-refractivity contribution in [3.8, 4) is 5.75 Å². The molecule has 1 heterocycles. The molecular weight excluding hydrogens is 337 g/mol. The van der Waals surface area contributed by atoms with E-state index >= 15 is 0 Å². The molecule has 1 saturated heterocycles. The molecule has 1 fully saturated rings. The lowest BCUT2D eigenvalue weighted by Crippen LogP contribution is -2.46. The number of rotatable bonds is 5. The SMILES string of the molecule is C[C@@H]1CN(C(=O)COc2ccc(C(=O)c3ccc(F)cc3)cc2)CCO1. The van der Waals surface area contributed by atoms with Crippen LogP contribution in [0.4, 0.5) is 4.39 Å². The monoisotopic (exact) mass is 357 g/mol. The number of ether oxygens (including phenoxy) is 2. The second-order valence-corrected chi connectivity index (χ2v) is 6.17. The highest BCUT2D eigenvalue weighted by molar-refractivity contribution is 6.09. The maximum Gasteiger partial charge on any atom is 0.260 e. The van der Waals surface area contributed by atoms with E-state index in [0.717, 1.165) is 0 Å². The number of carbonyl (C=O) groups excluding carboxylic acids is 2. The second kappa shape index (κ2) is 8.10. The van der Waals surface area contributed by atoms with Crippen molar-refractivity contribution in [2.24, 2.45) is 0 Å². The van der Waals surface area contributed by atoms with Crippen molar-refractivity contribution in [1.82, 2.24) is 4.90 Å². The van der Waals surface area contributed by atoms with Crippen LogP contribution >= 0.6 is 0 Å². The molecule has 0 bridgehead atoms. The van der Waals surface area contributed by atoms with Crippen molar-refractivity contribution in [2.45, 2.75) is 13.0 Å². The maximum atomic E-state index is 12.9. The standard InChI is InChI=1S/C20H20FNO4/c1-14-12-22(10-11-25-14)19(23)13-26-18-8-4-16(5-9-18)20(24)15-2-6-17(21)7-3-15/h2-9,14H,10-13H2,1H3/t14-/m1/s1. The van der Waals surface area contributed by atoms with Crippen LogP contribution in [0.3, 0.4) is 0 Å². The van der Waals surface area contributed by atoms with Gasteiger partial charge in [-0.2, -0.15) is 0 Å². The quantitative estimate of drug-likeness (QED) is 0.772. The Morgan fingerprint density at radius 1 is 1.12 bits per heavy atom.